The summed E-state index contributed by atoms with van der Waals surface area (Å²) in [6, 6.07) is 0. The molecule has 0 aromatic carbocycles. The number of hydrogen-bond donors (Lipinski definition) is 3. The fourth-order valence-electron chi connectivity index (χ4n) is 1.92. The Hall–Kier alpha value is -1.30. The van der Waals surface area contributed by atoms with Crippen molar-refractivity contribution in [3.8, 4) is 0 Å². The number of carbonyl (C=O) groups is 1. The van der Waals surface area contributed by atoms with Crippen LogP contribution in [0, 0.1) is 11.3 Å². The minimum absolute atomic E-state index is 0.0476. The summed E-state index contributed by atoms with van der Waals surface area (Å²) >= 11 is 0. The zero-order valence-corrected chi connectivity index (χ0v) is 14.5. The van der Waals surface area contributed by atoms with Gasteiger partial charge >= 0.3 is 0 Å². The highest BCUT2D eigenvalue weighted by molar-refractivity contribution is 5.84. The molecule has 0 aliphatic heterocycles. The van der Waals surface area contributed by atoms with Gasteiger partial charge in [-0.1, -0.05) is 0 Å². The van der Waals surface area contributed by atoms with E-state index >= 15 is 0 Å². The number of guanidine groups is 1. The maximum Gasteiger partial charge on any atom is 0.227 e. The smallest absolute Gasteiger partial charge is 0.227 e. The lowest BCUT2D eigenvalue weighted by Crippen LogP contribution is -2.48. The molecule has 0 aromatic heterocycles. The van der Waals surface area contributed by atoms with Gasteiger partial charge in [0.2, 0.25) is 5.91 Å². The monoisotopic (exact) mass is 312 g/mol. The van der Waals surface area contributed by atoms with Crippen LogP contribution in [-0.2, 0) is 9.53 Å². The van der Waals surface area contributed by atoms with E-state index in [0.29, 0.717) is 13.1 Å². The van der Waals surface area contributed by atoms with E-state index in [2.05, 4.69) is 20.9 Å². The van der Waals surface area contributed by atoms with Gasteiger partial charge in [-0.25, -0.2) is 0 Å². The molecule has 1 rings (SSSR count). The molecule has 0 bridgehead atoms. The molecular formula is C16H32N4O2. The minimum atomic E-state index is -0.471. The minimum Gasteiger partial charge on any atom is -0.381 e. The Bertz CT molecular complexity index is 365. The second-order valence-corrected chi connectivity index (χ2v) is 6.47. The number of nitrogens with one attached hydrogen (secondary N) is 3. The van der Waals surface area contributed by atoms with Crippen LogP contribution >= 0.6 is 0 Å². The van der Waals surface area contributed by atoms with Crippen LogP contribution in [-0.4, -0.2) is 51.8 Å². The van der Waals surface area contributed by atoms with Crippen LogP contribution in [0.15, 0.2) is 4.99 Å². The molecule has 0 saturated heterocycles. The van der Waals surface area contributed by atoms with Gasteiger partial charge in [-0.2, -0.15) is 0 Å². The summed E-state index contributed by atoms with van der Waals surface area (Å²) in [5.74, 6) is 1.59. The number of ether oxygens (including phenoxy) is 1. The highest BCUT2D eigenvalue weighted by Gasteiger charge is 2.27. The number of amides is 1. The van der Waals surface area contributed by atoms with Gasteiger partial charge < -0.3 is 20.7 Å². The molecule has 1 amide bonds. The maximum absolute atomic E-state index is 11.9. The molecule has 6 heteroatoms. The van der Waals surface area contributed by atoms with E-state index in [1.54, 1.807) is 7.05 Å². The number of rotatable bonds is 10. The topological polar surface area (TPSA) is 74.8 Å². The standard InChI is InChI=1S/C16H32N4O2/c1-5-18-14(21)16(2,3)12-20-15(17-4)19-9-6-10-22-11-13-7-8-13/h13H,5-12H2,1-4H3,(H,18,21)(H2,17,19,20). The average molecular weight is 312 g/mol. The number of aliphatic imine (C=N–C) groups is 1. The predicted octanol–water partition coefficient (Wildman–Crippen LogP) is 1.13. The van der Waals surface area contributed by atoms with Gasteiger partial charge in [0.1, 0.15) is 0 Å². The molecule has 0 heterocycles. The normalized spacial score (nSPS) is 15.5. The van der Waals surface area contributed by atoms with Crippen molar-refractivity contribution in [2.45, 2.75) is 40.0 Å². The van der Waals surface area contributed by atoms with E-state index in [1.807, 2.05) is 20.8 Å². The predicted molar refractivity (Wildman–Crippen MR) is 90.0 cm³/mol. The molecule has 128 valence electrons. The highest BCUT2D eigenvalue weighted by atomic mass is 16.5. The Labute approximate surface area is 134 Å². The third-order valence-electron chi connectivity index (χ3n) is 3.68. The van der Waals surface area contributed by atoms with Gasteiger partial charge in [0.15, 0.2) is 5.96 Å². The van der Waals surface area contributed by atoms with E-state index in [4.69, 9.17) is 4.74 Å². The average Bonchev–Trinajstić information content (AvgIpc) is 3.30. The van der Waals surface area contributed by atoms with E-state index in [-0.39, 0.29) is 5.91 Å². The van der Waals surface area contributed by atoms with Crippen LogP contribution in [0.1, 0.15) is 40.0 Å². The lowest BCUT2D eigenvalue weighted by atomic mass is 9.92. The molecular weight excluding hydrogens is 280 g/mol. The molecule has 1 aliphatic carbocycles. The first-order chi connectivity index (χ1) is 10.5. The lowest BCUT2D eigenvalue weighted by molar-refractivity contribution is -0.128. The molecule has 0 aromatic rings. The fraction of sp³-hybridized carbons (Fsp3) is 0.875. The third-order valence-corrected chi connectivity index (χ3v) is 3.68. The van der Waals surface area contributed by atoms with Crippen LogP contribution < -0.4 is 16.0 Å². The van der Waals surface area contributed by atoms with Crippen LogP contribution in [0.2, 0.25) is 0 Å². The quantitative estimate of drug-likeness (QED) is 0.321. The van der Waals surface area contributed by atoms with E-state index < -0.39 is 5.41 Å². The first-order valence-corrected chi connectivity index (χ1v) is 8.30. The largest absolute Gasteiger partial charge is 0.381 e. The number of nitrogens with zero attached hydrogens (tertiary/aromatic N) is 1. The van der Waals surface area contributed by atoms with Gasteiger partial charge in [0, 0.05) is 39.9 Å². The Balaban J connectivity index is 2.13. The van der Waals surface area contributed by atoms with Crippen molar-refractivity contribution < 1.29 is 9.53 Å². The van der Waals surface area contributed by atoms with Gasteiger partial charge in [0.05, 0.1) is 5.41 Å². The molecule has 0 unspecified atom stereocenters. The Morgan fingerprint density at radius 3 is 2.59 bits per heavy atom. The Morgan fingerprint density at radius 2 is 2.00 bits per heavy atom. The molecule has 0 spiro atoms. The van der Waals surface area contributed by atoms with Crippen molar-refractivity contribution in [3.63, 3.8) is 0 Å². The first-order valence-electron chi connectivity index (χ1n) is 8.30. The summed E-state index contributed by atoms with van der Waals surface area (Å²) in [6.07, 6.45) is 3.61. The molecule has 22 heavy (non-hydrogen) atoms. The van der Waals surface area contributed by atoms with Gasteiger partial charge in [-0.15, -0.1) is 0 Å². The van der Waals surface area contributed by atoms with Crippen molar-refractivity contribution in [1.29, 1.82) is 0 Å². The summed E-state index contributed by atoms with van der Waals surface area (Å²) in [4.78, 5) is 16.1. The number of carbonyl (C=O) groups excluding carboxylic acids is 1. The van der Waals surface area contributed by atoms with Crippen molar-refractivity contribution >= 4 is 11.9 Å². The summed E-state index contributed by atoms with van der Waals surface area (Å²) in [5.41, 5.74) is -0.471. The molecule has 0 atom stereocenters. The van der Waals surface area contributed by atoms with Crippen LogP contribution in [0.4, 0.5) is 0 Å². The molecule has 0 radical (unpaired) electrons. The Kier molecular flexibility index (Phi) is 8.24. The van der Waals surface area contributed by atoms with E-state index in [1.165, 1.54) is 12.8 Å². The fourth-order valence-corrected chi connectivity index (χ4v) is 1.92. The van der Waals surface area contributed by atoms with Gasteiger partial charge in [-0.3, -0.25) is 9.79 Å². The second-order valence-electron chi connectivity index (χ2n) is 6.47. The van der Waals surface area contributed by atoms with Crippen LogP contribution in [0.5, 0.6) is 0 Å². The van der Waals surface area contributed by atoms with Crippen LogP contribution in [0.25, 0.3) is 0 Å². The van der Waals surface area contributed by atoms with Crippen molar-refractivity contribution in [2.24, 2.45) is 16.3 Å². The molecule has 1 fully saturated rings. The Morgan fingerprint density at radius 1 is 1.27 bits per heavy atom. The van der Waals surface area contributed by atoms with Crippen molar-refractivity contribution in [3.05, 3.63) is 0 Å². The van der Waals surface area contributed by atoms with Crippen molar-refractivity contribution in [1.82, 2.24) is 16.0 Å². The zero-order valence-electron chi connectivity index (χ0n) is 14.5. The van der Waals surface area contributed by atoms with Crippen LogP contribution in [0.3, 0.4) is 0 Å². The SMILES string of the molecule is CCNC(=O)C(C)(C)CNC(=NC)NCCCOCC1CC1. The molecule has 1 saturated carbocycles. The first kappa shape index (κ1) is 18.7. The summed E-state index contributed by atoms with van der Waals surface area (Å²) in [5, 5.41) is 9.30. The molecule has 6 nitrogen and oxygen atoms in total. The van der Waals surface area contributed by atoms with Crippen molar-refractivity contribution in [2.75, 3.05) is 39.9 Å². The van der Waals surface area contributed by atoms with E-state index in [9.17, 15) is 4.79 Å². The number of hydrogen-bond acceptors (Lipinski definition) is 3. The third kappa shape index (κ3) is 7.64. The van der Waals surface area contributed by atoms with E-state index in [0.717, 1.165) is 38.1 Å². The molecule has 3 N–H and O–H groups in total. The summed E-state index contributed by atoms with van der Waals surface area (Å²) in [6.45, 7) is 9.46. The lowest BCUT2D eigenvalue weighted by Gasteiger charge is -2.24. The second kappa shape index (κ2) is 9.66. The maximum atomic E-state index is 11.9. The van der Waals surface area contributed by atoms with Gasteiger partial charge in [0.25, 0.3) is 0 Å². The summed E-state index contributed by atoms with van der Waals surface area (Å²) < 4.78 is 5.59. The highest BCUT2D eigenvalue weighted by Crippen LogP contribution is 2.28. The zero-order chi connectivity index (χ0) is 16.4. The van der Waals surface area contributed by atoms with Gasteiger partial charge in [-0.05, 0) is 46.0 Å². The molecule has 1 aliphatic rings. The summed E-state index contributed by atoms with van der Waals surface area (Å²) in [7, 11) is 1.73.